The van der Waals surface area contributed by atoms with E-state index < -0.39 is 48.8 Å². The summed E-state index contributed by atoms with van der Waals surface area (Å²) >= 11 is 0. The minimum atomic E-state index is -1.48. The molecule has 2 aromatic rings. The number of hydrogen-bond acceptors (Lipinski definition) is 5. The average molecular weight is 394 g/mol. The second-order valence-electron chi connectivity index (χ2n) is 7.28. The third-order valence-corrected chi connectivity index (χ3v) is 5.33. The summed E-state index contributed by atoms with van der Waals surface area (Å²) in [5.41, 5.74) is 2.49. The van der Waals surface area contributed by atoms with Crippen molar-refractivity contribution in [3.8, 4) is 0 Å². The summed E-state index contributed by atoms with van der Waals surface area (Å²) in [7, 11) is 0. The van der Waals surface area contributed by atoms with Gasteiger partial charge in [0.05, 0.1) is 6.61 Å². The Morgan fingerprint density at radius 3 is 2.21 bits per heavy atom. The smallest absolute Gasteiger partial charge is 0.162 e. The molecule has 28 heavy (non-hydrogen) atoms. The molecule has 152 valence electrons. The number of ether oxygens (including phenoxy) is 1. The lowest BCUT2D eigenvalue weighted by molar-refractivity contribution is -0.231. The summed E-state index contributed by atoms with van der Waals surface area (Å²) in [5.74, 6) is -1.77. The van der Waals surface area contributed by atoms with Gasteiger partial charge in [0.1, 0.15) is 30.5 Å². The molecule has 0 aromatic heterocycles. The number of aryl methyl sites for hydroxylation is 2. The summed E-state index contributed by atoms with van der Waals surface area (Å²) in [6.07, 6.45) is -6.18. The Hall–Kier alpha value is -1.90. The van der Waals surface area contributed by atoms with Crippen LogP contribution >= 0.6 is 0 Å². The standard InChI is InChI=1S/C21H24F2O5/c1-10-3-6-13(21-20(27)19(26)18(25)15(9-24)28-21)8-14(10)7-12-5-4-11(2)16(22)17(12)23/h3-6,8,15,18-21,24-27H,7,9H2,1-2H3/t15-,18-,19+,20-,21+/m1/s1. The van der Waals surface area contributed by atoms with Crippen LogP contribution in [-0.2, 0) is 11.2 Å². The minimum absolute atomic E-state index is 0.139. The molecule has 0 unspecified atom stereocenters. The van der Waals surface area contributed by atoms with Crippen LogP contribution in [0.15, 0.2) is 30.3 Å². The van der Waals surface area contributed by atoms with Gasteiger partial charge in [-0.05, 0) is 41.7 Å². The highest BCUT2D eigenvalue weighted by Gasteiger charge is 2.43. The Labute approximate surface area is 161 Å². The zero-order valence-electron chi connectivity index (χ0n) is 15.6. The van der Waals surface area contributed by atoms with E-state index in [4.69, 9.17) is 4.74 Å². The fraction of sp³-hybridized carbons (Fsp3) is 0.429. The Morgan fingerprint density at radius 2 is 1.54 bits per heavy atom. The van der Waals surface area contributed by atoms with Crippen molar-refractivity contribution in [1.29, 1.82) is 0 Å². The van der Waals surface area contributed by atoms with Gasteiger partial charge in [0.25, 0.3) is 0 Å². The van der Waals surface area contributed by atoms with Gasteiger partial charge in [0.15, 0.2) is 11.6 Å². The van der Waals surface area contributed by atoms with Crippen LogP contribution < -0.4 is 0 Å². The predicted octanol–water partition coefficient (Wildman–Crippen LogP) is 1.69. The molecule has 1 aliphatic rings. The lowest BCUT2D eigenvalue weighted by atomic mass is 9.89. The first-order valence-electron chi connectivity index (χ1n) is 9.08. The summed E-state index contributed by atoms with van der Waals surface area (Å²) in [6.45, 7) is 2.80. The molecule has 1 heterocycles. The molecule has 1 aliphatic heterocycles. The van der Waals surface area contributed by atoms with Gasteiger partial charge in [0.2, 0.25) is 0 Å². The van der Waals surface area contributed by atoms with Gasteiger partial charge in [-0.3, -0.25) is 0 Å². The van der Waals surface area contributed by atoms with E-state index in [1.54, 1.807) is 18.2 Å². The van der Waals surface area contributed by atoms with Crippen LogP contribution in [0, 0.1) is 25.5 Å². The molecule has 5 nitrogen and oxygen atoms in total. The van der Waals surface area contributed by atoms with Crippen molar-refractivity contribution in [2.24, 2.45) is 0 Å². The number of rotatable bonds is 4. The minimum Gasteiger partial charge on any atom is -0.394 e. The maximum atomic E-state index is 14.3. The number of benzene rings is 2. The second-order valence-corrected chi connectivity index (χ2v) is 7.28. The molecule has 7 heteroatoms. The maximum Gasteiger partial charge on any atom is 0.162 e. The zero-order chi connectivity index (χ0) is 20.6. The predicted molar refractivity (Wildman–Crippen MR) is 97.8 cm³/mol. The molecule has 0 aliphatic carbocycles. The largest absolute Gasteiger partial charge is 0.394 e. The first-order chi connectivity index (χ1) is 13.2. The maximum absolute atomic E-state index is 14.3. The molecule has 0 amide bonds. The van der Waals surface area contributed by atoms with Crippen molar-refractivity contribution in [1.82, 2.24) is 0 Å². The van der Waals surface area contributed by atoms with Crippen LogP contribution in [0.1, 0.15) is 33.9 Å². The highest BCUT2D eigenvalue weighted by Crippen LogP contribution is 2.33. The Morgan fingerprint density at radius 1 is 0.857 bits per heavy atom. The van der Waals surface area contributed by atoms with Crippen LogP contribution in [0.3, 0.4) is 0 Å². The lowest BCUT2D eigenvalue weighted by Gasteiger charge is -2.40. The molecule has 2 aromatic carbocycles. The fourth-order valence-electron chi connectivity index (χ4n) is 3.46. The molecule has 0 spiro atoms. The van der Waals surface area contributed by atoms with Crippen molar-refractivity contribution >= 4 is 0 Å². The van der Waals surface area contributed by atoms with E-state index in [-0.39, 0.29) is 17.5 Å². The van der Waals surface area contributed by atoms with Crippen LogP contribution in [0.25, 0.3) is 0 Å². The molecule has 4 N–H and O–H groups in total. The molecule has 0 radical (unpaired) electrons. The van der Waals surface area contributed by atoms with Gasteiger partial charge in [-0.1, -0.05) is 30.3 Å². The van der Waals surface area contributed by atoms with Crippen LogP contribution in [0.4, 0.5) is 8.78 Å². The Bertz CT molecular complexity index is 855. The van der Waals surface area contributed by atoms with Crippen molar-refractivity contribution in [3.63, 3.8) is 0 Å². The van der Waals surface area contributed by atoms with Crippen LogP contribution in [0.2, 0.25) is 0 Å². The van der Waals surface area contributed by atoms with E-state index in [1.807, 2.05) is 6.92 Å². The van der Waals surface area contributed by atoms with Gasteiger partial charge >= 0.3 is 0 Å². The average Bonchev–Trinajstić information content (AvgIpc) is 2.68. The molecule has 0 bridgehead atoms. The quantitative estimate of drug-likeness (QED) is 0.634. The second kappa shape index (κ2) is 8.23. The SMILES string of the molecule is Cc1ccc([C@@H]2O[C@H](CO)[C@@H](O)[C@H](O)[C@H]2O)cc1Cc1ccc(C)c(F)c1F. The van der Waals surface area contributed by atoms with E-state index in [9.17, 15) is 29.2 Å². The Balaban J connectivity index is 1.92. The molecule has 5 atom stereocenters. The van der Waals surface area contributed by atoms with E-state index in [0.717, 1.165) is 5.56 Å². The van der Waals surface area contributed by atoms with Crippen molar-refractivity contribution in [2.75, 3.05) is 6.61 Å². The third kappa shape index (κ3) is 3.81. The summed E-state index contributed by atoms with van der Waals surface area (Å²) in [5, 5.41) is 39.6. The van der Waals surface area contributed by atoms with Crippen molar-refractivity contribution < 1.29 is 33.9 Å². The van der Waals surface area contributed by atoms with Gasteiger partial charge in [-0.2, -0.15) is 0 Å². The van der Waals surface area contributed by atoms with Gasteiger partial charge in [-0.15, -0.1) is 0 Å². The summed E-state index contributed by atoms with van der Waals surface area (Å²) in [6, 6.07) is 8.20. The highest BCUT2D eigenvalue weighted by molar-refractivity contribution is 5.38. The van der Waals surface area contributed by atoms with E-state index in [1.165, 1.54) is 19.1 Å². The Kier molecular flexibility index (Phi) is 6.12. The monoisotopic (exact) mass is 394 g/mol. The van der Waals surface area contributed by atoms with Gasteiger partial charge < -0.3 is 25.2 Å². The van der Waals surface area contributed by atoms with E-state index >= 15 is 0 Å². The van der Waals surface area contributed by atoms with Crippen LogP contribution in [0.5, 0.6) is 0 Å². The van der Waals surface area contributed by atoms with Gasteiger partial charge in [0, 0.05) is 6.42 Å². The lowest BCUT2D eigenvalue weighted by Crippen LogP contribution is -2.55. The van der Waals surface area contributed by atoms with Crippen LogP contribution in [-0.4, -0.2) is 51.4 Å². The molecule has 3 rings (SSSR count). The zero-order valence-corrected chi connectivity index (χ0v) is 15.6. The molecular weight excluding hydrogens is 370 g/mol. The van der Waals surface area contributed by atoms with E-state index in [2.05, 4.69) is 0 Å². The summed E-state index contributed by atoms with van der Waals surface area (Å²) < 4.78 is 33.7. The van der Waals surface area contributed by atoms with E-state index in [0.29, 0.717) is 11.1 Å². The molecular formula is C21H24F2O5. The summed E-state index contributed by atoms with van der Waals surface area (Å²) in [4.78, 5) is 0. The number of aliphatic hydroxyl groups is 4. The molecule has 1 saturated heterocycles. The third-order valence-electron chi connectivity index (χ3n) is 5.33. The number of halogens is 2. The van der Waals surface area contributed by atoms with Crippen molar-refractivity contribution in [2.45, 2.75) is 50.8 Å². The molecule has 1 fully saturated rings. The number of hydrogen-bond donors (Lipinski definition) is 4. The first-order valence-corrected chi connectivity index (χ1v) is 9.08. The van der Waals surface area contributed by atoms with Gasteiger partial charge in [-0.25, -0.2) is 8.78 Å². The molecule has 0 saturated carbocycles. The van der Waals surface area contributed by atoms with Crippen molar-refractivity contribution in [3.05, 3.63) is 69.8 Å². The number of aliphatic hydroxyl groups excluding tert-OH is 4. The fourth-order valence-corrected chi connectivity index (χ4v) is 3.46. The first kappa shape index (κ1) is 20.8. The topological polar surface area (TPSA) is 90.2 Å². The normalized spacial score (nSPS) is 27.8. The highest BCUT2D eigenvalue weighted by atomic mass is 19.2.